The normalized spacial score (nSPS) is 49.6. The van der Waals surface area contributed by atoms with E-state index in [9.17, 15) is 15.0 Å². The summed E-state index contributed by atoms with van der Waals surface area (Å²) in [4.78, 5) is 11.7. The van der Waals surface area contributed by atoms with Gasteiger partial charge in [0.15, 0.2) is 0 Å². The number of carbonyl (C=O) groups excluding carboxylic acids is 1. The van der Waals surface area contributed by atoms with Crippen LogP contribution in [0.2, 0.25) is 0 Å². The summed E-state index contributed by atoms with van der Waals surface area (Å²) in [5, 5.41) is 20.4. The van der Waals surface area contributed by atoms with Crippen LogP contribution in [0.5, 0.6) is 0 Å². The number of rotatable bonds is 0. The quantitative estimate of drug-likeness (QED) is 0.390. The highest BCUT2D eigenvalue weighted by Gasteiger charge is 2.56. The summed E-state index contributed by atoms with van der Waals surface area (Å²) >= 11 is 0. The van der Waals surface area contributed by atoms with Crippen molar-refractivity contribution in [2.45, 2.75) is 38.1 Å². The zero-order chi connectivity index (χ0) is 13.9. The molecule has 2 aliphatic carbocycles. The zero-order valence-corrected chi connectivity index (χ0v) is 11.1. The molecule has 4 nitrogen and oxygen atoms in total. The minimum Gasteiger partial charge on any atom is -0.458 e. The molecule has 2 saturated carbocycles. The fourth-order valence-corrected chi connectivity index (χ4v) is 4.14. The van der Waals surface area contributed by atoms with Gasteiger partial charge in [-0.15, -0.1) is 0 Å². The van der Waals surface area contributed by atoms with Crippen molar-refractivity contribution in [3.05, 3.63) is 24.3 Å². The van der Waals surface area contributed by atoms with E-state index in [1.54, 1.807) is 0 Å². The van der Waals surface area contributed by atoms with Crippen LogP contribution in [0.25, 0.3) is 0 Å². The van der Waals surface area contributed by atoms with E-state index in [1.165, 1.54) is 0 Å². The number of hydrogen-bond acceptors (Lipinski definition) is 4. The Morgan fingerprint density at radius 1 is 1.26 bits per heavy atom. The van der Waals surface area contributed by atoms with Gasteiger partial charge in [-0.3, -0.25) is 0 Å². The summed E-state index contributed by atoms with van der Waals surface area (Å²) in [6.45, 7) is 9.81. The van der Waals surface area contributed by atoms with Gasteiger partial charge in [0.1, 0.15) is 6.10 Å². The van der Waals surface area contributed by atoms with Gasteiger partial charge >= 0.3 is 5.97 Å². The number of ether oxygens (including phenoxy) is 1. The fourth-order valence-electron chi connectivity index (χ4n) is 4.14. The maximum Gasteiger partial charge on any atom is 0.334 e. The molecule has 1 aliphatic heterocycles. The maximum atomic E-state index is 11.7. The molecule has 2 N–H and O–H groups in total. The van der Waals surface area contributed by atoms with Crippen molar-refractivity contribution in [3.63, 3.8) is 0 Å². The van der Waals surface area contributed by atoms with Crippen LogP contribution in [0.3, 0.4) is 0 Å². The SMILES string of the molecule is C=C1C(=O)O[C@H]2[C@H]1[C@@H](O)CC(=C)[C@@H]1C[C@@H](O)[C@@H](C)[C@H]21. The largest absolute Gasteiger partial charge is 0.458 e. The standard InChI is InChI=1S/C15H20O4/c1-6-4-11(17)13-8(3)15(18)19-14(13)12-7(2)10(16)5-9(6)12/h7,9-14,16-17H,1,3-5H2,2H3/t7-,9+,10-,11+,12+,13-,14-/m1/s1. The van der Waals surface area contributed by atoms with Gasteiger partial charge in [-0.1, -0.05) is 25.7 Å². The molecule has 4 heteroatoms. The topological polar surface area (TPSA) is 66.8 Å². The molecule has 3 fully saturated rings. The van der Waals surface area contributed by atoms with Crippen molar-refractivity contribution in [2.75, 3.05) is 0 Å². The third-order valence-corrected chi connectivity index (χ3v) is 5.23. The number of carbonyl (C=O) groups is 1. The smallest absolute Gasteiger partial charge is 0.334 e. The lowest BCUT2D eigenvalue weighted by atomic mass is 9.79. The van der Waals surface area contributed by atoms with E-state index in [0.29, 0.717) is 18.4 Å². The summed E-state index contributed by atoms with van der Waals surface area (Å²) in [7, 11) is 0. The molecule has 0 spiro atoms. The average Bonchev–Trinajstić information content (AvgIpc) is 2.75. The highest BCUT2D eigenvalue weighted by atomic mass is 16.6. The van der Waals surface area contributed by atoms with E-state index in [0.717, 1.165) is 5.57 Å². The lowest BCUT2D eigenvalue weighted by molar-refractivity contribution is -0.143. The molecule has 0 bridgehead atoms. The number of hydrogen-bond donors (Lipinski definition) is 2. The summed E-state index contributed by atoms with van der Waals surface area (Å²) in [6, 6.07) is 0. The van der Waals surface area contributed by atoms with Crippen molar-refractivity contribution in [1.29, 1.82) is 0 Å². The van der Waals surface area contributed by atoms with Gasteiger partial charge in [0.25, 0.3) is 0 Å². The highest BCUT2D eigenvalue weighted by molar-refractivity contribution is 5.91. The van der Waals surface area contributed by atoms with Gasteiger partial charge < -0.3 is 14.9 Å². The Morgan fingerprint density at radius 2 is 1.95 bits per heavy atom. The van der Waals surface area contributed by atoms with E-state index in [-0.39, 0.29) is 29.8 Å². The fraction of sp³-hybridized carbons (Fsp3) is 0.667. The molecule has 19 heavy (non-hydrogen) atoms. The molecule has 0 unspecified atom stereocenters. The number of esters is 1. The Labute approximate surface area is 112 Å². The Morgan fingerprint density at radius 3 is 2.63 bits per heavy atom. The van der Waals surface area contributed by atoms with Crippen molar-refractivity contribution in [1.82, 2.24) is 0 Å². The summed E-state index contributed by atoms with van der Waals surface area (Å²) in [5.74, 6) is -0.569. The second-order valence-electron chi connectivity index (χ2n) is 6.20. The Bertz CT molecular complexity index is 455. The van der Waals surface area contributed by atoms with Gasteiger partial charge in [-0.05, 0) is 24.7 Å². The van der Waals surface area contributed by atoms with E-state index in [1.807, 2.05) is 6.92 Å². The molecule has 1 saturated heterocycles. The lowest BCUT2D eigenvalue weighted by Crippen LogP contribution is -2.36. The van der Waals surface area contributed by atoms with E-state index in [2.05, 4.69) is 13.2 Å². The molecule has 3 rings (SSSR count). The summed E-state index contributed by atoms with van der Waals surface area (Å²) in [6.07, 6.45) is -0.324. The second kappa shape index (κ2) is 4.18. The summed E-state index contributed by atoms with van der Waals surface area (Å²) in [5.41, 5.74) is 1.32. The first-order chi connectivity index (χ1) is 8.91. The van der Waals surface area contributed by atoms with Crippen LogP contribution >= 0.6 is 0 Å². The monoisotopic (exact) mass is 264 g/mol. The molecule has 1 heterocycles. The zero-order valence-electron chi connectivity index (χ0n) is 11.1. The Hall–Kier alpha value is -1.13. The highest BCUT2D eigenvalue weighted by Crippen LogP contribution is 2.52. The van der Waals surface area contributed by atoms with Crippen LogP contribution in [0, 0.1) is 23.7 Å². The molecule has 0 radical (unpaired) electrons. The third kappa shape index (κ3) is 1.70. The molecule has 0 aromatic rings. The second-order valence-corrected chi connectivity index (χ2v) is 6.20. The van der Waals surface area contributed by atoms with Gasteiger partial charge in [0.05, 0.1) is 18.1 Å². The molecule has 104 valence electrons. The van der Waals surface area contributed by atoms with Crippen molar-refractivity contribution in [3.8, 4) is 0 Å². The van der Waals surface area contributed by atoms with E-state index < -0.39 is 18.2 Å². The maximum absolute atomic E-state index is 11.7. The van der Waals surface area contributed by atoms with Crippen molar-refractivity contribution in [2.24, 2.45) is 23.7 Å². The Kier molecular flexibility index (Phi) is 2.84. The minimum atomic E-state index is -0.661. The third-order valence-electron chi connectivity index (χ3n) is 5.23. The van der Waals surface area contributed by atoms with Crippen LogP contribution in [-0.4, -0.2) is 34.5 Å². The predicted molar refractivity (Wildman–Crippen MR) is 69.0 cm³/mol. The minimum absolute atomic E-state index is 0.0350. The van der Waals surface area contributed by atoms with Crippen LogP contribution in [0.1, 0.15) is 19.8 Å². The number of aliphatic hydroxyl groups is 2. The van der Waals surface area contributed by atoms with Gasteiger partial charge in [0.2, 0.25) is 0 Å². The van der Waals surface area contributed by atoms with Crippen LogP contribution < -0.4 is 0 Å². The first kappa shape index (κ1) is 12.9. The average molecular weight is 264 g/mol. The Balaban J connectivity index is 2.03. The molecule has 3 aliphatic rings. The molecule has 0 aromatic carbocycles. The molecular weight excluding hydrogens is 244 g/mol. The molecule has 7 atom stereocenters. The number of aliphatic hydroxyl groups excluding tert-OH is 2. The van der Waals surface area contributed by atoms with E-state index >= 15 is 0 Å². The van der Waals surface area contributed by atoms with Crippen molar-refractivity contribution < 1.29 is 19.7 Å². The molecule has 0 amide bonds. The van der Waals surface area contributed by atoms with Gasteiger partial charge in [-0.25, -0.2) is 4.79 Å². The first-order valence-electron chi connectivity index (χ1n) is 6.85. The van der Waals surface area contributed by atoms with Crippen molar-refractivity contribution >= 4 is 5.97 Å². The van der Waals surface area contributed by atoms with Gasteiger partial charge in [-0.2, -0.15) is 0 Å². The van der Waals surface area contributed by atoms with Gasteiger partial charge in [0, 0.05) is 11.5 Å². The van der Waals surface area contributed by atoms with Crippen LogP contribution in [0.15, 0.2) is 24.3 Å². The first-order valence-corrected chi connectivity index (χ1v) is 6.85. The molecule has 0 aromatic heterocycles. The van der Waals surface area contributed by atoms with Crippen LogP contribution in [-0.2, 0) is 9.53 Å². The number of fused-ring (bicyclic) bond motifs is 3. The predicted octanol–water partition coefficient (Wildman–Crippen LogP) is 1.04. The molecular formula is C15H20O4. The van der Waals surface area contributed by atoms with Crippen LogP contribution in [0.4, 0.5) is 0 Å². The summed E-state index contributed by atoms with van der Waals surface area (Å²) < 4.78 is 5.46. The van der Waals surface area contributed by atoms with E-state index in [4.69, 9.17) is 4.74 Å². The lowest BCUT2D eigenvalue weighted by Gasteiger charge is -2.29.